The van der Waals surface area contributed by atoms with Crippen LogP contribution in [0.2, 0.25) is 0 Å². The van der Waals surface area contributed by atoms with Crippen LogP contribution in [0.15, 0.2) is 60.7 Å². The zero-order valence-corrected chi connectivity index (χ0v) is 10.9. The summed E-state index contributed by atoms with van der Waals surface area (Å²) in [5.74, 6) is 0. The summed E-state index contributed by atoms with van der Waals surface area (Å²) in [4.78, 5) is 2.40. The van der Waals surface area contributed by atoms with Gasteiger partial charge in [0.1, 0.15) is 0 Å². The number of aliphatic hydroxyl groups excluding tert-OH is 1. The number of anilines is 1. The van der Waals surface area contributed by atoms with E-state index in [0.29, 0.717) is 0 Å². The minimum atomic E-state index is -0.190. The number of piperidine rings is 1. The van der Waals surface area contributed by atoms with Gasteiger partial charge in [-0.3, -0.25) is 0 Å². The molecule has 3 rings (SSSR count). The first-order valence-corrected chi connectivity index (χ1v) is 6.89. The zero-order valence-electron chi connectivity index (χ0n) is 10.9. The van der Waals surface area contributed by atoms with E-state index in [-0.39, 0.29) is 12.1 Å². The molecule has 0 saturated carbocycles. The van der Waals surface area contributed by atoms with Gasteiger partial charge in [-0.1, -0.05) is 48.5 Å². The van der Waals surface area contributed by atoms with Crippen molar-refractivity contribution in [3.05, 3.63) is 66.2 Å². The zero-order chi connectivity index (χ0) is 13.1. The first kappa shape index (κ1) is 12.2. The second-order valence-corrected chi connectivity index (χ2v) is 5.13. The molecule has 1 aliphatic heterocycles. The van der Waals surface area contributed by atoms with Crippen molar-refractivity contribution >= 4 is 5.69 Å². The Hall–Kier alpha value is -1.80. The van der Waals surface area contributed by atoms with E-state index in [2.05, 4.69) is 53.4 Å². The number of hydrogen-bond donors (Lipinski definition) is 1. The minimum absolute atomic E-state index is 0.190. The molecular formula is C17H19NO. The third-order valence-corrected chi connectivity index (χ3v) is 3.85. The molecule has 0 bridgehead atoms. The Morgan fingerprint density at radius 2 is 1.53 bits per heavy atom. The van der Waals surface area contributed by atoms with Gasteiger partial charge in [-0.05, 0) is 30.5 Å². The van der Waals surface area contributed by atoms with E-state index in [9.17, 15) is 5.11 Å². The van der Waals surface area contributed by atoms with E-state index in [1.165, 1.54) is 11.3 Å². The smallest absolute Gasteiger partial charge is 0.0580 e. The molecule has 0 unspecified atom stereocenters. The fourth-order valence-corrected chi connectivity index (χ4v) is 2.87. The third-order valence-electron chi connectivity index (χ3n) is 3.85. The minimum Gasteiger partial charge on any atom is -0.393 e. The molecule has 1 aliphatic rings. The first-order valence-electron chi connectivity index (χ1n) is 6.89. The summed E-state index contributed by atoms with van der Waals surface area (Å²) in [6.07, 6.45) is 1.46. The van der Waals surface area contributed by atoms with Gasteiger partial charge in [0, 0.05) is 12.2 Å². The number of aliphatic hydroxyl groups is 1. The second-order valence-electron chi connectivity index (χ2n) is 5.13. The van der Waals surface area contributed by atoms with Crippen molar-refractivity contribution in [3.8, 4) is 0 Å². The van der Waals surface area contributed by atoms with Crippen molar-refractivity contribution in [3.63, 3.8) is 0 Å². The molecule has 19 heavy (non-hydrogen) atoms. The summed E-state index contributed by atoms with van der Waals surface area (Å²) in [5, 5.41) is 9.98. The lowest BCUT2D eigenvalue weighted by atomic mass is 9.93. The van der Waals surface area contributed by atoms with E-state index < -0.39 is 0 Å². The third kappa shape index (κ3) is 2.64. The Labute approximate surface area is 114 Å². The Morgan fingerprint density at radius 3 is 2.21 bits per heavy atom. The van der Waals surface area contributed by atoms with Crippen LogP contribution in [0.3, 0.4) is 0 Å². The van der Waals surface area contributed by atoms with Gasteiger partial charge >= 0.3 is 0 Å². The van der Waals surface area contributed by atoms with Crippen LogP contribution >= 0.6 is 0 Å². The highest BCUT2D eigenvalue weighted by Crippen LogP contribution is 2.34. The Bertz CT molecular complexity index is 511. The van der Waals surface area contributed by atoms with Crippen LogP contribution in [0.1, 0.15) is 24.4 Å². The highest BCUT2D eigenvalue weighted by atomic mass is 16.3. The van der Waals surface area contributed by atoms with Crippen molar-refractivity contribution in [1.82, 2.24) is 0 Å². The average molecular weight is 253 g/mol. The molecule has 0 spiro atoms. The topological polar surface area (TPSA) is 23.5 Å². The SMILES string of the molecule is O[C@@H]1CCN(c2ccccc2)[C@H](c2ccccc2)C1. The summed E-state index contributed by atoms with van der Waals surface area (Å²) in [6.45, 7) is 0.907. The van der Waals surface area contributed by atoms with Gasteiger partial charge in [-0.2, -0.15) is 0 Å². The first-order chi connectivity index (χ1) is 9.34. The van der Waals surface area contributed by atoms with Crippen molar-refractivity contribution in [1.29, 1.82) is 0 Å². The van der Waals surface area contributed by atoms with Crippen LogP contribution in [0, 0.1) is 0 Å². The second kappa shape index (κ2) is 5.45. The standard InChI is InChI=1S/C17H19NO/c19-16-11-12-18(15-9-5-2-6-10-15)17(13-16)14-7-3-1-4-8-14/h1-10,16-17,19H,11-13H2/t16-,17+/m1/s1. The molecule has 0 aliphatic carbocycles. The molecule has 0 amide bonds. The lowest BCUT2D eigenvalue weighted by Crippen LogP contribution is -2.38. The normalized spacial score (nSPS) is 23.3. The van der Waals surface area contributed by atoms with Gasteiger partial charge in [-0.25, -0.2) is 0 Å². The predicted octanol–water partition coefficient (Wildman–Crippen LogP) is 3.39. The number of nitrogens with zero attached hydrogens (tertiary/aromatic N) is 1. The Balaban J connectivity index is 1.93. The number of hydrogen-bond acceptors (Lipinski definition) is 2. The summed E-state index contributed by atoms with van der Waals surface area (Å²) < 4.78 is 0. The molecule has 0 radical (unpaired) electrons. The van der Waals surface area contributed by atoms with E-state index in [4.69, 9.17) is 0 Å². The van der Waals surface area contributed by atoms with Crippen LogP contribution in [0.4, 0.5) is 5.69 Å². The summed E-state index contributed by atoms with van der Waals surface area (Å²) in [6, 6.07) is 21.2. The van der Waals surface area contributed by atoms with Gasteiger partial charge in [0.05, 0.1) is 12.1 Å². The van der Waals surface area contributed by atoms with Gasteiger partial charge in [0.2, 0.25) is 0 Å². The molecule has 1 N–H and O–H groups in total. The Kier molecular flexibility index (Phi) is 3.51. The average Bonchev–Trinajstić information content (AvgIpc) is 2.49. The maximum atomic E-state index is 9.98. The van der Waals surface area contributed by atoms with Crippen molar-refractivity contribution in [2.45, 2.75) is 25.0 Å². The molecule has 2 aromatic carbocycles. The molecule has 2 nitrogen and oxygen atoms in total. The molecule has 2 heteroatoms. The van der Waals surface area contributed by atoms with Crippen LogP contribution in [-0.4, -0.2) is 17.8 Å². The predicted molar refractivity (Wildman–Crippen MR) is 78.2 cm³/mol. The molecule has 2 aromatic rings. The van der Waals surface area contributed by atoms with E-state index in [1.54, 1.807) is 0 Å². The highest BCUT2D eigenvalue weighted by molar-refractivity contribution is 5.49. The molecule has 2 atom stereocenters. The van der Waals surface area contributed by atoms with E-state index in [1.807, 2.05) is 12.1 Å². The van der Waals surface area contributed by atoms with Crippen LogP contribution in [0.25, 0.3) is 0 Å². The summed E-state index contributed by atoms with van der Waals surface area (Å²) >= 11 is 0. The summed E-state index contributed by atoms with van der Waals surface area (Å²) in [7, 11) is 0. The van der Waals surface area contributed by atoms with Gasteiger partial charge in [0.15, 0.2) is 0 Å². The van der Waals surface area contributed by atoms with Gasteiger partial charge in [-0.15, -0.1) is 0 Å². The van der Waals surface area contributed by atoms with Crippen LogP contribution in [0.5, 0.6) is 0 Å². The monoisotopic (exact) mass is 253 g/mol. The lowest BCUT2D eigenvalue weighted by Gasteiger charge is -2.40. The number of para-hydroxylation sites is 1. The maximum absolute atomic E-state index is 9.98. The van der Waals surface area contributed by atoms with Gasteiger partial charge in [0.25, 0.3) is 0 Å². The maximum Gasteiger partial charge on any atom is 0.0580 e. The van der Waals surface area contributed by atoms with Crippen molar-refractivity contribution in [2.75, 3.05) is 11.4 Å². The molecule has 98 valence electrons. The Morgan fingerprint density at radius 1 is 0.895 bits per heavy atom. The van der Waals surface area contributed by atoms with Crippen molar-refractivity contribution in [2.24, 2.45) is 0 Å². The highest BCUT2D eigenvalue weighted by Gasteiger charge is 2.28. The fraction of sp³-hybridized carbons (Fsp3) is 0.294. The largest absolute Gasteiger partial charge is 0.393 e. The van der Waals surface area contributed by atoms with Gasteiger partial charge < -0.3 is 10.0 Å². The fourth-order valence-electron chi connectivity index (χ4n) is 2.87. The molecule has 0 aromatic heterocycles. The summed E-state index contributed by atoms with van der Waals surface area (Å²) in [5.41, 5.74) is 2.52. The van der Waals surface area contributed by atoms with Crippen LogP contribution in [-0.2, 0) is 0 Å². The lowest BCUT2D eigenvalue weighted by molar-refractivity contribution is 0.128. The molecule has 1 fully saturated rings. The molecular weight excluding hydrogens is 234 g/mol. The number of benzene rings is 2. The molecule has 1 heterocycles. The van der Waals surface area contributed by atoms with Crippen molar-refractivity contribution < 1.29 is 5.11 Å². The quantitative estimate of drug-likeness (QED) is 0.886. The van der Waals surface area contributed by atoms with E-state index in [0.717, 1.165) is 19.4 Å². The number of rotatable bonds is 2. The van der Waals surface area contributed by atoms with Crippen LogP contribution < -0.4 is 4.90 Å². The van der Waals surface area contributed by atoms with E-state index >= 15 is 0 Å². The molecule has 1 saturated heterocycles.